The van der Waals surface area contributed by atoms with Gasteiger partial charge in [-0.25, -0.2) is 4.79 Å². The predicted molar refractivity (Wildman–Crippen MR) is 118 cm³/mol. The highest BCUT2D eigenvalue weighted by atomic mass is 16.5. The number of carbonyl (C=O) groups is 2. The van der Waals surface area contributed by atoms with Gasteiger partial charge in [0.05, 0.1) is 7.11 Å². The van der Waals surface area contributed by atoms with E-state index in [1.807, 2.05) is 48.6 Å². The minimum atomic E-state index is -0.279. The average molecular weight is 415 g/mol. The molecule has 4 rings (SSSR count). The Bertz CT molecular complexity index is 1140. The number of rotatable bonds is 5. The zero-order valence-corrected chi connectivity index (χ0v) is 17.4. The van der Waals surface area contributed by atoms with Gasteiger partial charge in [-0.05, 0) is 35.9 Å². The van der Waals surface area contributed by atoms with Gasteiger partial charge in [0.25, 0.3) is 5.91 Å². The third-order valence-electron chi connectivity index (χ3n) is 5.21. The molecule has 2 amide bonds. The number of allylic oxidation sites excluding steroid dienone is 2. The van der Waals surface area contributed by atoms with E-state index in [2.05, 4.69) is 5.32 Å². The van der Waals surface area contributed by atoms with Gasteiger partial charge in [0.2, 0.25) is 17.6 Å². The summed E-state index contributed by atoms with van der Waals surface area (Å²) in [6.45, 7) is 0.367. The van der Waals surface area contributed by atoms with Crippen molar-refractivity contribution in [3.8, 4) is 5.75 Å². The van der Waals surface area contributed by atoms with Crippen LogP contribution in [0.1, 0.15) is 21.5 Å². The molecule has 2 aromatic carbocycles. The molecule has 0 saturated carbocycles. The molecule has 0 fully saturated rings. The lowest BCUT2D eigenvalue weighted by Gasteiger charge is -2.21. The Morgan fingerprint density at radius 2 is 1.94 bits per heavy atom. The standard InChI is InChI=1S/C25H22N2O4/c1-27-20-8-4-6-10-22(20)31-23(25(27)29)15-17-11-13-18(14-12-17)24(28)26-16-19-7-3-5-9-21(19)30-2/h3-15,22H,16H2,1-2H3/p+1/b23-15+. The first-order valence-corrected chi connectivity index (χ1v) is 9.95. The van der Waals surface area contributed by atoms with Crippen molar-refractivity contribution in [1.82, 2.24) is 5.32 Å². The van der Waals surface area contributed by atoms with Crippen molar-refractivity contribution in [1.29, 1.82) is 0 Å². The van der Waals surface area contributed by atoms with E-state index in [1.54, 1.807) is 49.1 Å². The molecule has 1 atom stereocenters. The van der Waals surface area contributed by atoms with Crippen LogP contribution >= 0.6 is 0 Å². The fourth-order valence-electron chi connectivity index (χ4n) is 3.49. The van der Waals surface area contributed by atoms with Crippen molar-refractivity contribution in [2.24, 2.45) is 0 Å². The number of benzene rings is 2. The number of hydrogen-bond donors (Lipinski definition) is 1. The minimum absolute atomic E-state index is 0.187. The van der Waals surface area contributed by atoms with Crippen molar-refractivity contribution in [3.05, 3.63) is 95.3 Å². The Morgan fingerprint density at radius 3 is 2.71 bits per heavy atom. The first kappa shape index (κ1) is 20.3. The second kappa shape index (κ2) is 8.83. The summed E-state index contributed by atoms with van der Waals surface area (Å²) in [5.41, 5.74) is 3.02. The summed E-state index contributed by atoms with van der Waals surface area (Å²) in [6, 6.07) is 14.6. The van der Waals surface area contributed by atoms with Crippen LogP contribution in [-0.2, 0) is 16.1 Å². The third kappa shape index (κ3) is 4.33. The lowest BCUT2D eigenvalue weighted by molar-refractivity contribution is -0.424. The fourth-order valence-corrected chi connectivity index (χ4v) is 3.49. The quantitative estimate of drug-likeness (QED) is 0.602. The Morgan fingerprint density at radius 1 is 1.16 bits per heavy atom. The lowest BCUT2D eigenvalue weighted by Crippen LogP contribution is -2.40. The number of ether oxygens (including phenoxy) is 2. The van der Waals surface area contributed by atoms with Gasteiger partial charge in [-0.3, -0.25) is 4.79 Å². The summed E-state index contributed by atoms with van der Waals surface area (Å²) >= 11 is 0. The largest absolute Gasteiger partial charge is 0.496 e. The van der Waals surface area contributed by atoms with Crippen LogP contribution < -0.4 is 10.1 Å². The van der Waals surface area contributed by atoms with E-state index in [0.29, 0.717) is 12.1 Å². The Hall–Kier alpha value is -3.93. The maximum Gasteiger partial charge on any atom is 0.454 e. The summed E-state index contributed by atoms with van der Waals surface area (Å²) in [4.78, 5) is 25.1. The minimum Gasteiger partial charge on any atom is -0.496 e. The van der Waals surface area contributed by atoms with Crippen LogP contribution in [0, 0.1) is 0 Å². The topological polar surface area (TPSA) is 67.6 Å². The summed E-state index contributed by atoms with van der Waals surface area (Å²) in [5.74, 6) is 0.609. The smallest absolute Gasteiger partial charge is 0.454 e. The second-order valence-corrected chi connectivity index (χ2v) is 7.20. The molecule has 1 aliphatic carbocycles. The molecule has 156 valence electrons. The van der Waals surface area contributed by atoms with Crippen LogP contribution in [0.5, 0.6) is 5.75 Å². The number of para-hydroxylation sites is 1. The van der Waals surface area contributed by atoms with Crippen LogP contribution in [0.4, 0.5) is 0 Å². The average Bonchev–Trinajstić information content (AvgIpc) is 2.81. The Balaban J connectivity index is 1.45. The molecular formula is C25H23N2O4+. The molecule has 1 N–H and O–H groups in total. The van der Waals surface area contributed by atoms with E-state index in [9.17, 15) is 9.59 Å². The van der Waals surface area contributed by atoms with Crippen molar-refractivity contribution in [2.45, 2.75) is 12.6 Å². The highest BCUT2D eigenvalue weighted by Crippen LogP contribution is 2.20. The van der Waals surface area contributed by atoms with Gasteiger partial charge in [0.15, 0.2) is 0 Å². The van der Waals surface area contributed by atoms with Gasteiger partial charge in [-0.1, -0.05) is 42.5 Å². The van der Waals surface area contributed by atoms with Gasteiger partial charge in [0, 0.05) is 23.7 Å². The summed E-state index contributed by atoms with van der Waals surface area (Å²) in [6.07, 6.45) is 8.97. The lowest BCUT2D eigenvalue weighted by atomic mass is 10.1. The van der Waals surface area contributed by atoms with Crippen LogP contribution in [0.15, 0.2) is 78.6 Å². The monoisotopic (exact) mass is 415 g/mol. The highest BCUT2D eigenvalue weighted by molar-refractivity contribution is 6.05. The summed E-state index contributed by atoms with van der Waals surface area (Å²) < 4.78 is 12.8. The maximum absolute atomic E-state index is 12.6. The molecule has 1 aliphatic heterocycles. The van der Waals surface area contributed by atoms with Gasteiger partial charge < -0.3 is 14.8 Å². The molecule has 6 nitrogen and oxygen atoms in total. The van der Waals surface area contributed by atoms with Gasteiger partial charge >= 0.3 is 5.91 Å². The molecule has 0 aromatic heterocycles. The van der Waals surface area contributed by atoms with Gasteiger partial charge in [-0.15, -0.1) is 0 Å². The van der Waals surface area contributed by atoms with E-state index in [0.717, 1.165) is 22.6 Å². The molecule has 0 spiro atoms. The van der Waals surface area contributed by atoms with Crippen molar-refractivity contribution < 1.29 is 23.6 Å². The fraction of sp³-hybridized carbons (Fsp3) is 0.160. The molecule has 2 aromatic rings. The molecule has 2 aliphatic rings. The number of hydrogen-bond acceptors (Lipinski definition) is 4. The SMILES string of the molecule is COc1ccccc1CNC(=O)c1ccc(/C=C2/OC3C=CC=CC3=[N+](C)C2=O)cc1. The summed E-state index contributed by atoms with van der Waals surface area (Å²) in [5, 5.41) is 2.90. The zero-order chi connectivity index (χ0) is 21.8. The number of carbonyl (C=O) groups excluding carboxylic acids is 2. The Kier molecular flexibility index (Phi) is 5.80. The van der Waals surface area contributed by atoms with Gasteiger partial charge in [0.1, 0.15) is 12.8 Å². The zero-order valence-electron chi connectivity index (χ0n) is 17.4. The van der Waals surface area contributed by atoms with E-state index < -0.39 is 0 Å². The van der Waals surface area contributed by atoms with Crippen molar-refractivity contribution >= 4 is 23.6 Å². The number of methoxy groups -OCH3 is 1. The Labute approximate surface area is 180 Å². The predicted octanol–water partition coefficient (Wildman–Crippen LogP) is 3.10. The van der Waals surface area contributed by atoms with E-state index in [1.165, 1.54) is 0 Å². The van der Waals surface area contributed by atoms with Crippen LogP contribution in [0.25, 0.3) is 6.08 Å². The summed E-state index contributed by atoms with van der Waals surface area (Å²) in [7, 11) is 3.34. The number of fused-ring (bicyclic) bond motifs is 1. The molecule has 1 unspecified atom stereocenters. The molecule has 6 heteroatoms. The van der Waals surface area contributed by atoms with Crippen molar-refractivity contribution in [3.63, 3.8) is 0 Å². The number of amides is 2. The van der Waals surface area contributed by atoms with E-state index in [4.69, 9.17) is 9.47 Å². The number of nitrogens with one attached hydrogen (secondary N) is 1. The normalized spacial score (nSPS) is 18.6. The first-order valence-electron chi connectivity index (χ1n) is 9.95. The van der Waals surface area contributed by atoms with E-state index >= 15 is 0 Å². The van der Waals surface area contributed by atoms with Crippen LogP contribution in [0.3, 0.4) is 0 Å². The molecule has 0 radical (unpaired) electrons. The second-order valence-electron chi connectivity index (χ2n) is 7.20. The van der Waals surface area contributed by atoms with Crippen LogP contribution in [-0.4, -0.2) is 42.4 Å². The number of nitrogens with zero attached hydrogens (tertiary/aromatic N) is 1. The third-order valence-corrected chi connectivity index (χ3v) is 5.21. The highest BCUT2D eigenvalue weighted by Gasteiger charge is 2.37. The molecule has 1 heterocycles. The molecule has 0 saturated heterocycles. The maximum atomic E-state index is 12.6. The molecule has 0 bridgehead atoms. The molecule has 31 heavy (non-hydrogen) atoms. The first-order chi connectivity index (χ1) is 15.1. The van der Waals surface area contributed by atoms with E-state index in [-0.39, 0.29) is 23.7 Å². The van der Waals surface area contributed by atoms with Gasteiger partial charge in [-0.2, -0.15) is 4.58 Å². The molecular weight excluding hydrogens is 392 g/mol. The van der Waals surface area contributed by atoms with Crippen molar-refractivity contribution in [2.75, 3.05) is 14.2 Å². The van der Waals surface area contributed by atoms with Crippen LogP contribution in [0.2, 0.25) is 0 Å². The number of likely N-dealkylation sites (N-methyl/N-ethyl adjacent to an activating group) is 1.